The number of nitro benzene ring substituents is 1. The molecule has 3 aromatic rings. The van der Waals surface area contributed by atoms with Crippen LogP contribution in [0.1, 0.15) is 16.7 Å². The fourth-order valence-electron chi connectivity index (χ4n) is 2.78. The molecule has 0 atom stereocenters. The monoisotopic (exact) mass is 507 g/mol. The van der Waals surface area contributed by atoms with E-state index in [9.17, 15) is 36.5 Å². The van der Waals surface area contributed by atoms with Crippen molar-refractivity contribution in [3.63, 3.8) is 0 Å². The van der Waals surface area contributed by atoms with Gasteiger partial charge in [0.25, 0.3) is 5.69 Å². The fourth-order valence-corrected chi connectivity index (χ4v) is 3.71. The molecule has 182 valence electrons. The van der Waals surface area contributed by atoms with E-state index < -0.39 is 32.7 Å². The number of rotatable bonds is 8. The van der Waals surface area contributed by atoms with Gasteiger partial charge in [-0.2, -0.15) is 26.7 Å². The average molecular weight is 507 g/mol. The Kier molecular flexibility index (Phi) is 7.49. The van der Waals surface area contributed by atoms with Crippen LogP contribution in [0, 0.1) is 10.1 Å². The smallest absolute Gasteiger partial charge is 0.379 e. The standard InChI is InChI=1S/C22H16F3N3O6S/c23-22(24,25)17-3-1-2-16(12-17)13-21(29)27-26-14-15-4-8-19(9-5-15)34-35(32,33)20-10-6-18(7-11-20)28(30)31/h1-12,14H,13H2,(H,27,29). The van der Waals surface area contributed by atoms with Crippen molar-refractivity contribution < 1.29 is 35.5 Å². The summed E-state index contributed by atoms with van der Waals surface area (Å²) >= 11 is 0. The maximum absolute atomic E-state index is 12.8. The third kappa shape index (κ3) is 7.11. The molecule has 0 unspecified atom stereocenters. The Bertz CT molecular complexity index is 1360. The summed E-state index contributed by atoms with van der Waals surface area (Å²) in [4.78, 5) is 21.7. The number of hydrogen-bond acceptors (Lipinski definition) is 7. The highest BCUT2D eigenvalue weighted by Crippen LogP contribution is 2.29. The maximum atomic E-state index is 12.8. The molecule has 0 heterocycles. The van der Waals surface area contributed by atoms with Crippen LogP contribution in [0.25, 0.3) is 0 Å². The number of hydrogen-bond donors (Lipinski definition) is 1. The van der Waals surface area contributed by atoms with Gasteiger partial charge in [0.2, 0.25) is 5.91 Å². The molecule has 1 N–H and O–H groups in total. The molecule has 0 saturated carbocycles. The molecule has 0 bridgehead atoms. The predicted octanol–water partition coefficient (Wildman–Crippen LogP) is 4.07. The lowest BCUT2D eigenvalue weighted by molar-refractivity contribution is -0.384. The zero-order valence-corrected chi connectivity index (χ0v) is 18.4. The number of amides is 1. The number of carbonyl (C=O) groups excluding carboxylic acids is 1. The van der Waals surface area contributed by atoms with Crippen LogP contribution >= 0.6 is 0 Å². The van der Waals surface area contributed by atoms with Gasteiger partial charge in [-0.25, -0.2) is 5.43 Å². The number of non-ortho nitro benzene ring substituents is 1. The normalized spacial score (nSPS) is 11.9. The first-order valence-electron chi connectivity index (χ1n) is 9.71. The lowest BCUT2D eigenvalue weighted by Crippen LogP contribution is -2.20. The maximum Gasteiger partial charge on any atom is 0.416 e. The van der Waals surface area contributed by atoms with Crippen LogP contribution in [0.5, 0.6) is 5.75 Å². The number of alkyl halides is 3. The summed E-state index contributed by atoms with van der Waals surface area (Å²) in [6.45, 7) is 0. The Labute approximate surface area is 197 Å². The summed E-state index contributed by atoms with van der Waals surface area (Å²) in [6, 6.07) is 14.1. The molecule has 13 heteroatoms. The van der Waals surface area contributed by atoms with Gasteiger partial charge >= 0.3 is 16.3 Å². The van der Waals surface area contributed by atoms with Gasteiger partial charge in [0, 0.05) is 12.1 Å². The minimum Gasteiger partial charge on any atom is -0.379 e. The number of nitro groups is 1. The highest BCUT2D eigenvalue weighted by molar-refractivity contribution is 7.87. The molecule has 0 saturated heterocycles. The van der Waals surface area contributed by atoms with E-state index in [1.54, 1.807) is 0 Å². The SMILES string of the molecule is O=C(Cc1cccc(C(F)(F)F)c1)NN=Cc1ccc(OS(=O)(=O)c2ccc([N+](=O)[O-])cc2)cc1. The number of benzene rings is 3. The van der Waals surface area contributed by atoms with Crippen LogP contribution in [0.3, 0.4) is 0 Å². The molecule has 3 aromatic carbocycles. The largest absolute Gasteiger partial charge is 0.416 e. The quantitative estimate of drug-likeness (QED) is 0.212. The van der Waals surface area contributed by atoms with Crippen LogP contribution < -0.4 is 9.61 Å². The van der Waals surface area contributed by atoms with Crippen molar-refractivity contribution in [1.82, 2.24) is 5.43 Å². The molecular formula is C22H16F3N3O6S. The summed E-state index contributed by atoms with van der Waals surface area (Å²) in [5.41, 5.74) is 1.70. The number of nitrogens with zero attached hydrogens (tertiary/aromatic N) is 2. The molecule has 35 heavy (non-hydrogen) atoms. The molecule has 3 rings (SSSR count). The molecular weight excluding hydrogens is 491 g/mol. The minimum atomic E-state index is -4.51. The van der Waals surface area contributed by atoms with E-state index in [-0.39, 0.29) is 28.3 Å². The molecule has 9 nitrogen and oxygen atoms in total. The zero-order valence-electron chi connectivity index (χ0n) is 17.6. The average Bonchev–Trinajstić information content (AvgIpc) is 2.80. The van der Waals surface area contributed by atoms with Crippen molar-refractivity contribution in [3.05, 3.63) is 99.6 Å². The highest BCUT2D eigenvalue weighted by Gasteiger charge is 2.30. The Balaban J connectivity index is 1.56. The number of halogens is 3. The molecule has 0 aliphatic carbocycles. The molecule has 1 amide bonds. The third-order valence-corrected chi connectivity index (χ3v) is 5.71. The summed E-state index contributed by atoms with van der Waals surface area (Å²) < 4.78 is 67.9. The second-order valence-corrected chi connectivity index (χ2v) is 8.57. The highest BCUT2D eigenvalue weighted by atomic mass is 32.2. The fraction of sp³-hybridized carbons (Fsp3) is 0.0909. The first kappa shape index (κ1) is 25.4. The minimum absolute atomic E-state index is 0.0333. The van der Waals surface area contributed by atoms with E-state index >= 15 is 0 Å². The van der Waals surface area contributed by atoms with Gasteiger partial charge < -0.3 is 4.18 Å². The van der Waals surface area contributed by atoms with Crippen molar-refractivity contribution in [2.45, 2.75) is 17.5 Å². The first-order valence-corrected chi connectivity index (χ1v) is 11.1. The second-order valence-electron chi connectivity index (χ2n) is 7.03. The number of nitrogens with one attached hydrogen (secondary N) is 1. The van der Waals surface area contributed by atoms with Crippen molar-refractivity contribution in [2.75, 3.05) is 0 Å². The van der Waals surface area contributed by atoms with Crippen LogP contribution in [0.2, 0.25) is 0 Å². The number of carbonyl (C=O) groups is 1. The Hall–Kier alpha value is -4.26. The molecule has 0 fully saturated rings. The second kappa shape index (κ2) is 10.3. The van der Waals surface area contributed by atoms with E-state index in [1.165, 1.54) is 42.6 Å². The first-order chi connectivity index (χ1) is 16.4. The summed E-state index contributed by atoms with van der Waals surface area (Å²) in [5.74, 6) is -0.663. The van der Waals surface area contributed by atoms with Gasteiger partial charge in [0.05, 0.1) is 23.1 Å². The Morgan fingerprint density at radius 2 is 1.71 bits per heavy atom. The van der Waals surface area contributed by atoms with E-state index in [4.69, 9.17) is 4.18 Å². The number of hydrazone groups is 1. The topological polar surface area (TPSA) is 128 Å². The van der Waals surface area contributed by atoms with Crippen LogP contribution in [0.15, 0.2) is 82.8 Å². The summed E-state index contributed by atoms with van der Waals surface area (Å²) in [5, 5.41) is 14.4. The van der Waals surface area contributed by atoms with Gasteiger partial charge in [-0.05, 0) is 53.6 Å². The summed E-state index contributed by atoms with van der Waals surface area (Å²) in [7, 11) is -4.22. The molecule has 0 aliphatic rings. The van der Waals surface area contributed by atoms with E-state index in [1.807, 2.05) is 0 Å². The molecule has 0 radical (unpaired) electrons. The molecule has 0 aromatic heterocycles. The lowest BCUT2D eigenvalue weighted by Gasteiger charge is -2.08. The lowest BCUT2D eigenvalue weighted by atomic mass is 10.1. The third-order valence-electron chi connectivity index (χ3n) is 4.44. The predicted molar refractivity (Wildman–Crippen MR) is 118 cm³/mol. The van der Waals surface area contributed by atoms with Crippen LogP contribution in [-0.2, 0) is 27.5 Å². The zero-order chi connectivity index (χ0) is 25.6. The van der Waals surface area contributed by atoms with E-state index in [0.29, 0.717) is 5.56 Å². The van der Waals surface area contributed by atoms with Gasteiger partial charge in [0.15, 0.2) is 0 Å². The van der Waals surface area contributed by atoms with Crippen LogP contribution in [-0.4, -0.2) is 25.5 Å². The van der Waals surface area contributed by atoms with E-state index in [0.717, 1.165) is 36.4 Å². The van der Waals surface area contributed by atoms with Crippen molar-refractivity contribution >= 4 is 27.9 Å². The summed E-state index contributed by atoms with van der Waals surface area (Å²) in [6.07, 6.45) is -3.57. The van der Waals surface area contributed by atoms with Gasteiger partial charge in [-0.3, -0.25) is 14.9 Å². The van der Waals surface area contributed by atoms with Gasteiger partial charge in [0.1, 0.15) is 10.6 Å². The van der Waals surface area contributed by atoms with Crippen molar-refractivity contribution in [1.29, 1.82) is 0 Å². The Morgan fingerprint density at radius 3 is 2.31 bits per heavy atom. The Morgan fingerprint density at radius 1 is 1.06 bits per heavy atom. The molecule has 0 aliphatic heterocycles. The van der Waals surface area contributed by atoms with Crippen LogP contribution in [0.4, 0.5) is 18.9 Å². The molecule has 0 spiro atoms. The van der Waals surface area contributed by atoms with Gasteiger partial charge in [-0.15, -0.1) is 0 Å². The van der Waals surface area contributed by atoms with Crippen molar-refractivity contribution in [2.24, 2.45) is 5.10 Å². The van der Waals surface area contributed by atoms with Gasteiger partial charge in [-0.1, -0.05) is 18.2 Å². The van der Waals surface area contributed by atoms with Crippen molar-refractivity contribution in [3.8, 4) is 5.75 Å². The van der Waals surface area contributed by atoms with E-state index in [2.05, 4.69) is 10.5 Å².